The van der Waals surface area contributed by atoms with E-state index in [1.165, 1.54) is 34.8 Å². The first-order valence-electron chi connectivity index (χ1n) is 15.2. The molecule has 3 aliphatic heterocycles. The molecule has 1 amide bonds. The van der Waals surface area contributed by atoms with Crippen molar-refractivity contribution in [3.63, 3.8) is 0 Å². The van der Waals surface area contributed by atoms with Crippen LogP contribution in [0.15, 0.2) is 54.4 Å². The van der Waals surface area contributed by atoms with Crippen LogP contribution < -0.4 is 10.2 Å². The lowest BCUT2D eigenvalue weighted by molar-refractivity contribution is -0.118. The van der Waals surface area contributed by atoms with Crippen molar-refractivity contribution in [3.05, 3.63) is 75.9 Å². The average molecular weight is 666 g/mol. The molecule has 6 heterocycles. The van der Waals surface area contributed by atoms with Crippen LogP contribution in [0, 0.1) is 11.8 Å². The standard InChI is InChI=1S/C32H31Cl2FN8OS/c1-2-40-11-19-13-41(14-20(19)12-40)22-5-3-18(4-6-22)23-10-25(33)24-16-43(39-28(24)27(23)34)30(31(44)38-32-36-7-8-45-32)29-26-9-21(35)15-42(26)17-37-29/h3-8,10,16-17,19-21,30H,2,9,11-15H2,1H3,(H,36,38,44)/t19-,20+,21?,30?. The SMILES string of the molecule is CCN1C[C@@H]2CN(c3ccc(-c4cc(Cl)c5cn(C(C(=O)Nc6nccs6)c6ncn7c6CC(F)C7)nc5c4Cl)cc3)C[C@@H]2C1. The highest BCUT2D eigenvalue weighted by Crippen LogP contribution is 2.41. The Morgan fingerprint density at radius 1 is 1.11 bits per heavy atom. The molecule has 2 aromatic carbocycles. The van der Waals surface area contributed by atoms with Gasteiger partial charge in [0, 0.05) is 72.7 Å². The number of amides is 1. The van der Waals surface area contributed by atoms with Crippen LogP contribution in [-0.2, 0) is 17.8 Å². The number of carbonyl (C=O) groups excluding carboxylic acids is 1. The van der Waals surface area contributed by atoms with Gasteiger partial charge in [0.05, 0.1) is 28.6 Å². The molecule has 2 unspecified atom stereocenters. The molecule has 8 rings (SSSR count). The highest BCUT2D eigenvalue weighted by Gasteiger charge is 2.39. The van der Waals surface area contributed by atoms with Gasteiger partial charge in [-0.1, -0.05) is 42.3 Å². The Hall–Kier alpha value is -3.51. The Kier molecular flexibility index (Phi) is 7.32. The number of rotatable bonds is 7. The molecule has 5 aromatic rings. The molecule has 2 fully saturated rings. The number of thiazole rings is 1. The maximum atomic E-state index is 14.4. The molecular formula is C32H31Cl2FN8OS. The van der Waals surface area contributed by atoms with Crippen molar-refractivity contribution in [1.82, 2.24) is 29.2 Å². The van der Waals surface area contributed by atoms with Crippen LogP contribution >= 0.6 is 34.5 Å². The van der Waals surface area contributed by atoms with Gasteiger partial charge in [0.25, 0.3) is 5.91 Å². The van der Waals surface area contributed by atoms with Crippen molar-refractivity contribution >= 4 is 62.2 Å². The molecule has 0 spiro atoms. The van der Waals surface area contributed by atoms with E-state index in [1.54, 1.807) is 28.7 Å². The largest absolute Gasteiger partial charge is 0.371 e. The monoisotopic (exact) mass is 664 g/mol. The first-order chi connectivity index (χ1) is 21.9. The van der Waals surface area contributed by atoms with Gasteiger partial charge in [-0.25, -0.2) is 14.4 Å². The van der Waals surface area contributed by atoms with Crippen LogP contribution in [0.5, 0.6) is 0 Å². The summed E-state index contributed by atoms with van der Waals surface area (Å²) in [5, 5.41) is 11.4. The molecule has 3 aromatic heterocycles. The van der Waals surface area contributed by atoms with Crippen LogP contribution in [0.25, 0.3) is 22.0 Å². The maximum Gasteiger partial charge on any atom is 0.257 e. The minimum Gasteiger partial charge on any atom is -0.371 e. The van der Waals surface area contributed by atoms with Crippen molar-refractivity contribution in [2.24, 2.45) is 11.8 Å². The van der Waals surface area contributed by atoms with E-state index in [0.29, 0.717) is 37.5 Å². The number of aromatic nitrogens is 5. The Bertz CT molecular complexity index is 1880. The Labute approximate surface area is 273 Å². The molecular weight excluding hydrogens is 634 g/mol. The second kappa shape index (κ2) is 11.4. The van der Waals surface area contributed by atoms with Gasteiger partial charge >= 0.3 is 0 Å². The fourth-order valence-corrected chi connectivity index (χ4v) is 8.31. The second-order valence-corrected chi connectivity index (χ2v) is 13.9. The molecule has 1 N–H and O–H groups in total. The van der Waals surface area contributed by atoms with Crippen molar-refractivity contribution in [2.45, 2.75) is 32.1 Å². The molecule has 0 saturated carbocycles. The Morgan fingerprint density at radius 2 is 1.89 bits per heavy atom. The molecule has 45 heavy (non-hydrogen) atoms. The molecule has 4 atom stereocenters. The van der Waals surface area contributed by atoms with E-state index in [1.807, 2.05) is 6.07 Å². The third-order valence-corrected chi connectivity index (χ3v) is 10.9. The van der Waals surface area contributed by atoms with Gasteiger partial charge < -0.3 is 14.4 Å². The lowest BCUT2D eigenvalue weighted by Crippen LogP contribution is -2.28. The molecule has 232 valence electrons. The fourth-order valence-electron chi connectivity index (χ4n) is 7.22. The summed E-state index contributed by atoms with van der Waals surface area (Å²) in [5.74, 6) is 1.06. The molecule has 9 nitrogen and oxygen atoms in total. The van der Waals surface area contributed by atoms with Crippen molar-refractivity contribution in [3.8, 4) is 11.1 Å². The van der Waals surface area contributed by atoms with E-state index >= 15 is 0 Å². The first kappa shape index (κ1) is 28.9. The summed E-state index contributed by atoms with van der Waals surface area (Å²) in [6.45, 7) is 8.11. The maximum absolute atomic E-state index is 14.4. The summed E-state index contributed by atoms with van der Waals surface area (Å²) in [7, 11) is 0. The zero-order valence-corrected chi connectivity index (χ0v) is 26.9. The van der Waals surface area contributed by atoms with E-state index in [-0.39, 0.29) is 13.0 Å². The van der Waals surface area contributed by atoms with Crippen LogP contribution in [0.2, 0.25) is 10.0 Å². The number of nitrogens with one attached hydrogen (secondary N) is 1. The van der Waals surface area contributed by atoms with Gasteiger partial charge in [-0.2, -0.15) is 5.10 Å². The Morgan fingerprint density at radius 3 is 2.60 bits per heavy atom. The smallest absolute Gasteiger partial charge is 0.257 e. The predicted octanol–water partition coefficient (Wildman–Crippen LogP) is 6.17. The summed E-state index contributed by atoms with van der Waals surface area (Å²) in [4.78, 5) is 27.5. The van der Waals surface area contributed by atoms with Crippen LogP contribution in [-0.4, -0.2) is 74.0 Å². The lowest BCUT2D eigenvalue weighted by atomic mass is 10.0. The summed E-state index contributed by atoms with van der Waals surface area (Å²) in [6.07, 6.45) is 4.04. The normalized spacial score (nSPS) is 21.9. The number of hydrogen-bond acceptors (Lipinski definition) is 7. The number of carbonyl (C=O) groups is 1. The van der Waals surface area contributed by atoms with Crippen molar-refractivity contribution in [1.29, 1.82) is 0 Å². The highest BCUT2D eigenvalue weighted by molar-refractivity contribution is 7.13. The average Bonchev–Trinajstić information content (AvgIpc) is 3.86. The van der Waals surface area contributed by atoms with Gasteiger partial charge in [0.15, 0.2) is 11.2 Å². The number of halogens is 3. The van der Waals surface area contributed by atoms with Crippen LogP contribution in [0.4, 0.5) is 15.2 Å². The van der Waals surface area contributed by atoms with Gasteiger partial charge in [-0.05, 0) is 42.1 Å². The topological polar surface area (TPSA) is 84.1 Å². The summed E-state index contributed by atoms with van der Waals surface area (Å²) in [5.41, 5.74) is 4.48. The minimum atomic E-state index is -1.03. The van der Waals surface area contributed by atoms with E-state index in [2.05, 4.69) is 56.3 Å². The first-order valence-corrected chi connectivity index (χ1v) is 16.8. The number of hydrogen-bond donors (Lipinski definition) is 1. The molecule has 0 bridgehead atoms. The summed E-state index contributed by atoms with van der Waals surface area (Å²) in [6, 6.07) is 9.32. The van der Waals surface area contributed by atoms with Gasteiger partial charge in [0.2, 0.25) is 0 Å². The number of benzene rings is 2. The molecule has 0 radical (unpaired) electrons. The van der Waals surface area contributed by atoms with Crippen LogP contribution in [0.1, 0.15) is 24.4 Å². The minimum absolute atomic E-state index is 0.175. The van der Waals surface area contributed by atoms with Gasteiger partial charge in [0.1, 0.15) is 11.7 Å². The summed E-state index contributed by atoms with van der Waals surface area (Å²) < 4.78 is 17.6. The van der Waals surface area contributed by atoms with E-state index in [9.17, 15) is 9.18 Å². The fraction of sp³-hybridized carbons (Fsp3) is 0.375. The molecule has 0 aliphatic carbocycles. The number of anilines is 2. The molecule has 2 saturated heterocycles. The predicted molar refractivity (Wildman–Crippen MR) is 176 cm³/mol. The van der Waals surface area contributed by atoms with E-state index in [4.69, 9.17) is 28.3 Å². The zero-order chi connectivity index (χ0) is 30.8. The van der Waals surface area contributed by atoms with E-state index in [0.717, 1.165) is 42.6 Å². The highest BCUT2D eigenvalue weighted by atomic mass is 35.5. The lowest BCUT2D eigenvalue weighted by Gasteiger charge is -2.22. The second-order valence-electron chi connectivity index (χ2n) is 12.2. The van der Waals surface area contributed by atoms with Gasteiger partial charge in [-0.3, -0.25) is 14.8 Å². The van der Waals surface area contributed by atoms with Crippen LogP contribution in [0.3, 0.4) is 0 Å². The zero-order valence-electron chi connectivity index (χ0n) is 24.5. The van der Waals surface area contributed by atoms with E-state index < -0.39 is 18.1 Å². The number of alkyl halides is 1. The van der Waals surface area contributed by atoms with Gasteiger partial charge in [-0.15, -0.1) is 11.3 Å². The third kappa shape index (κ3) is 5.10. The molecule has 3 aliphatic rings. The number of nitrogens with zero attached hydrogens (tertiary/aromatic N) is 7. The number of imidazole rings is 1. The number of fused-ring (bicyclic) bond motifs is 3. The molecule has 13 heteroatoms. The van der Waals surface area contributed by atoms with Crippen molar-refractivity contribution < 1.29 is 9.18 Å². The number of likely N-dealkylation sites (tertiary alicyclic amines) is 1. The summed E-state index contributed by atoms with van der Waals surface area (Å²) >= 11 is 15.2. The van der Waals surface area contributed by atoms with Crippen molar-refractivity contribution in [2.75, 3.05) is 42.9 Å². The quantitative estimate of drug-likeness (QED) is 0.224. The Balaban J connectivity index is 1.12. The third-order valence-electron chi connectivity index (χ3n) is 9.48.